The zero-order valence-electron chi connectivity index (χ0n) is 14.7. The van der Waals surface area contributed by atoms with Crippen molar-refractivity contribution in [3.05, 3.63) is 29.3 Å². The van der Waals surface area contributed by atoms with Crippen LogP contribution >= 0.6 is 11.6 Å². The molecule has 7 heteroatoms. The van der Waals surface area contributed by atoms with E-state index in [2.05, 4.69) is 5.32 Å². The molecule has 0 spiro atoms. The molecule has 6 nitrogen and oxygen atoms in total. The molecular weight excluding hydrogens is 344 g/mol. The normalized spacial score (nSPS) is 14.9. The summed E-state index contributed by atoms with van der Waals surface area (Å²) in [6.45, 7) is 5.30. The van der Waals surface area contributed by atoms with Crippen molar-refractivity contribution in [1.82, 2.24) is 10.2 Å². The number of carbonyl (C=O) groups is 2. The largest absolute Gasteiger partial charge is 0.483 e. The van der Waals surface area contributed by atoms with Gasteiger partial charge in [-0.15, -0.1) is 11.6 Å². The molecule has 1 aromatic rings. The number of piperidine rings is 1. The van der Waals surface area contributed by atoms with Gasteiger partial charge in [-0.3, -0.25) is 4.79 Å². The zero-order chi connectivity index (χ0) is 18.2. The highest BCUT2D eigenvalue weighted by Crippen LogP contribution is 2.20. The summed E-state index contributed by atoms with van der Waals surface area (Å²) in [6.07, 6.45) is 1.06. The van der Waals surface area contributed by atoms with E-state index in [1.165, 1.54) is 0 Å². The van der Waals surface area contributed by atoms with Crippen LogP contribution in [0.1, 0.15) is 24.0 Å². The van der Waals surface area contributed by atoms with Crippen LogP contribution in [0.15, 0.2) is 18.2 Å². The summed E-state index contributed by atoms with van der Waals surface area (Å²) in [5.74, 6) is 0.870. The van der Waals surface area contributed by atoms with Gasteiger partial charge in [0.15, 0.2) is 6.61 Å². The number of carbonyl (C=O) groups excluding carboxylic acids is 2. The van der Waals surface area contributed by atoms with E-state index in [4.69, 9.17) is 21.1 Å². The third-order valence-electron chi connectivity index (χ3n) is 4.33. The van der Waals surface area contributed by atoms with E-state index >= 15 is 0 Å². The number of rotatable bonds is 6. The number of hydrogen-bond acceptors (Lipinski definition) is 4. The van der Waals surface area contributed by atoms with E-state index in [-0.39, 0.29) is 31.3 Å². The molecular formula is C18H25ClN2O4. The Morgan fingerprint density at radius 1 is 1.28 bits per heavy atom. The van der Waals surface area contributed by atoms with E-state index in [9.17, 15) is 9.59 Å². The fourth-order valence-electron chi connectivity index (χ4n) is 2.72. The minimum Gasteiger partial charge on any atom is -0.483 e. The summed E-state index contributed by atoms with van der Waals surface area (Å²) in [5, 5.41) is 2.96. The molecule has 0 unspecified atom stereocenters. The van der Waals surface area contributed by atoms with Crippen LogP contribution in [0.4, 0.5) is 4.79 Å². The zero-order valence-corrected chi connectivity index (χ0v) is 15.5. The van der Waals surface area contributed by atoms with E-state index in [0.717, 1.165) is 16.9 Å². The van der Waals surface area contributed by atoms with Crippen molar-refractivity contribution in [3.8, 4) is 5.75 Å². The molecule has 2 rings (SSSR count). The van der Waals surface area contributed by atoms with Gasteiger partial charge >= 0.3 is 6.09 Å². The molecule has 1 aromatic carbocycles. The van der Waals surface area contributed by atoms with Gasteiger partial charge in [0.1, 0.15) is 12.4 Å². The second-order valence-electron chi connectivity index (χ2n) is 6.12. The maximum atomic E-state index is 12.1. The van der Waals surface area contributed by atoms with E-state index < -0.39 is 0 Å². The number of likely N-dealkylation sites (tertiary alicyclic amines) is 1. The molecule has 1 saturated heterocycles. The lowest BCUT2D eigenvalue weighted by Crippen LogP contribution is -2.47. The van der Waals surface area contributed by atoms with Crippen LogP contribution < -0.4 is 10.1 Å². The maximum Gasteiger partial charge on any atom is 0.409 e. The van der Waals surface area contributed by atoms with Crippen molar-refractivity contribution in [3.63, 3.8) is 0 Å². The number of nitrogens with one attached hydrogen (secondary N) is 1. The lowest BCUT2D eigenvalue weighted by molar-refractivity contribution is -0.124. The Morgan fingerprint density at radius 3 is 2.68 bits per heavy atom. The number of benzene rings is 1. The van der Waals surface area contributed by atoms with E-state index in [0.29, 0.717) is 31.8 Å². The molecule has 0 bridgehead atoms. The number of halogens is 1. The first-order valence-electron chi connectivity index (χ1n) is 8.47. The number of hydrogen-bond donors (Lipinski definition) is 1. The molecule has 1 fully saturated rings. The van der Waals surface area contributed by atoms with Crippen LogP contribution in [-0.2, 0) is 9.53 Å². The van der Waals surface area contributed by atoms with Crippen molar-refractivity contribution in [2.24, 2.45) is 0 Å². The van der Waals surface area contributed by atoms with Crippen LogP contribution in [-0.4, -0.2) is 55.1 Å². The van der Waals surface area contributed by atoms with Gasteiger partial charge in [0.2, 0.25) is 0 Å². The lowest BCUT2D eigenvalue weighted by Gasteiger charge is -2.31. The number of ether oxygens (including phenoxy) is 2. The third kappa shape index (κ3) is 5.81. The standard InChI is InChI=1S/C18H25ClN2O4/c1-13-4-3-5-16(14(13)2)25-12-17(22)20-15-6-9-21(10-7-15)18(23)24-11-8-19/h3-5,15H,6-12H2,1-2H3,(H,20,22). The Bertz CT molecular complexity index is 601. The lowest BCUT2D eigenvalue weighted by atomic mass is 10.1. The van der Waals surface area contributed by atoms with Crippen molar-refractivity contribution in [2.75, 3.05) is 32.2 Å². The second-order valence-corrected chi connectivity index (χ2v) is 6.50. The molecule has 2 amide bonds. The topological polar surface area (TPSA) is 67.9 Å². The fraction of sp³-hybridized carbons (Fsp3) is 0.556. The number of aryl methyl sites for hydroxylation is 1. The van der Waals surface area contributed by atoms with Gasteiger partial charge in [0.25, 0.3) is 5.91 Å². The van der Waals surface area contributed by atoms with Gasteiger partial charge in [-0.25, -0.2) is 4.79 Å². The van der Waals surface area contributed by atoms with E-state index in [1.807, 2.05) is 32.0 Å². The Morgan fingerprint density at radius 2 is 2.00 bits per heavy atom. The second kappa shape index (κ2) is 9.51. The monoisotopic (exact) mass is 368 g/mol. The Balaban J connectivity index is 1.72. The maximum absolute atomic E-state index is 12.1. The fourth-order valence-corrected chi connectivity index (χ4v) is 2.79. The summed E-state index contributed by atoms with van der Waals surface area (Å²) in [5.41, 5.74) is 2.17. The average Bonchev–Trinajstić information content (AvgIpc) is 2.61. The third-order valence-corrected chi connectivity index (χ3v) is 4.49. The minimum absolute atomic E-state index is 0.0116. The van der Waals surface area contributed by atoms with Crippen LogP contribution in [0, 0.1) is 13.8 Å². The molecule has 138 valence electrons. The van der Waals surface area contributed by atoms with Crippen LogP contribution in [0.25, 0.3) is 0 Å². The highest BCUT2D eigenvalue weighted by Gasteiger charge is 2.24. The first-order valence-corrected chi connectivity index (χ1v) is 9.00. The van der Waals surface area contributed by atoms with Crippen LogP contribution in [0.3, 0.4) is 0 Å². The summed E-state index contributed by atoms with van der Waals surface area (Å²) < 4.78 is 10.6. The summed E-state index contributed by atoms with van der Waals surface area (Å²) in [7, 11) is 0. The first kappa shape index (κ1) is 19.4. The highest BCUT2D eigenvalue weighted by molar-refractivity contribution is 6.18. The van der Waals surface area contributed by atoms with Gasteiger partial charge in [0, 0.05) is 19.1 Å². The molecule has 1 N–H and O–H groups in total. The SMILES string of the molecule is Cc1cccc(OCC(=O)NC2CCN(C(=O)OCCCl)CC2)c1C. The number of nitrogens with zero attached hydrogens (tertiary/aromatic N) is 1. The predicted molar refractivity (Wildman–Crippen MR) is 96.2 cm³/mol. The van der Waals surface area contributed by atoms with Gasteiger partial charge in [-0.2, -0.15) is 0 Å². The van der Waals surface area contributed by atoms with Crippen molar-refractivity contribution in [1.29, 1.82) is 0 Å². The summed E-state index contributed by atoms with van der Waals surface area (Å²) in [4.78, 5) is 25.5. The molecule has 0 aliphatic carbocycles. The Labute approximate surface area is 153 Å². The predicted octanol–water partition coefficient (Wildman–Crippen LogP) is 2.64. The van der Waals surface area contributed by atoms with Crippen LogP contribution in [0.5, 0.6) is 5.75 Å². The first-order chi connectivity index (χ1) is 12.0. The molecule has 1 aliphatic heterocycles. The smallest absolute Gasteiger partial charge is 0.409 e. The van der Waals surface area contributed by atoms with Gasteiger partial charge < -0.3 is 19.7 Å². The minimum atomic E-state index is -0.344. The van der Waals surface area contributed by atoms with Gasteiger partial charge in [-0.1, -0.05) is 12.1 Å². The molecule has 0 saturated carbocycles. The number of amides is 2. The average molecular weight is 369 g/mol. The van der Waals surface area contributed by atoms with Crippen LogP contribution in [0.2, 0.25) is 0 Å². The molecule has 1 heterocycles. The van der Waals surface area contributed by atoms with Crippen molar-refractivity contribution in [2.45, 2.75) is 32.7 Å². The van der Waals surface area contributed by atoms with Crippen molar-refractivity contribution >= 4 is 23.6 Å². The van der Waals surface area contributed by atoms with Gasteiger partial charge in [-0.05, 0) is 43.9 Å². The number of alkyl halides is 1. The van der Waals surface area contributed by atoms with Gasteiger partial charge in [0.05, 0.1) is 5.88 Å². The molecule has 0 radical (unpaired) electrons. The van der Waals surface area contributed by atoms with E-state index in [1.54, 1.807) is 4.90 Å². The van der Waals surface area contributed by atoms with Crippen molar-refractivity contribution < 1.29 is 19.1 Å². The summed E-state index contributed by atoms with van der Waals surface area (Å²) >= 11 is 5.50. The molecule has 1 aliphatic rings. The molecule has 0 aromatic heterocycles. The highest BCUT2D eigenvalue weighted by atomic mass is 35.5. The Hall–Kier alpha value is -1.95. The molecule has 0 atom stereocenters. The quantitative estimate of drug-likeness (QED) is 0.784. The Kier molecular flexibility index (Phi) is 7.37. The molecule has 25 heavy (non-hydrogen) atoms. The summed E-state index contributed by atoms with van der Waals surface area (Å²) in [6, 6.07) is 5.83.